The number of hydrogen-bond donors (Lipinski definition) is 1. The van der Waals surface area contributed by atoms with Crippen molar-refractivity contribution in [3.05, 3.63) is 12.2 Å². The van der Waals surface area contributed by atoms with E-state index in [1.807, 2.05) is 4.68 Å². The predicted octanol–water partition coefficient (Wildman–Crippen LogP) is 0.728. The number of aryl methyl sites for hydroxylation is 1. The summed E-state index contributed by atoms with van der Waals surface area (Å²) in [5, 5.41) is 7.52. The molecular weight excluding hydrogens is 202 g/mol. The summed E-state index contributed by atoms with van der Waals surface area (Å²) in [4.78, 5) is 6.53. The number of aromatic nitrogens is 3. The van der Waals surface area contributed by atoms with Crippen LogP contribution in [0.25, 0.3) is 0 Å². The molecule has 1 aromatic rings. The lowest BCUT2D eigenvalue weighted by atomic mass is 10.3. The molecule has 0 amide bonds. The van der Waals surface area contributed by atoms with E-state index in [1.54, 1.807) is 6.33 Å². The van der Waals surface area contributed by atoms with E-state index in [2.05, 4.69) is 48.1 Å². The van der Waals surface area contributed by atoms with Crippen molar-refractivity contribution in [1.82, 2.24) is 25.0 Å². The number of likely N-dealkylation sites (N-methyl/N-ethyl adjacent to an activating group) is 1. The summed E-state index contributed by atoms with van der Waals surface area (Å²) in [5.41, 5.74) is 0. The topological polar surface area (TPSA) is 46.0 Å². The zero-order valence-electron chi connectivity index (χ0n) is 10.8. The molecular formula is C11H23N5. The zero-order valence-corrected chi connectivity index (χ0v) is 10.8. The van der Waals surface area contributed by atoms with E-state index in [4.69, 9.17) is 0 Å². The van der Waals surface area contributed by atoms with E-state index in [0.717, 1.165) is 32.0 Å². The fourth-order valence-corrected chi connectivity index (χ4v) is 1.40. The average molecular weight is 225 g/mol. The van der Waals surface area contributed by atoms with Gasteiger partial charge in [-0.2, -0.15) is 5.10 Å². The molecule has 0 atom stereocenters. The molecule has 0 aliphatic heterocycles. The molecule has 1 N–H and O–H groups in total. The quantitative estimate of drug-likeness (QED) is 0.695. The zero-order chi connectivity index (χ0) is 12.0. The number of nitrogens with zero attached hydrogens (tertiary/aromatic N) is 4. The summed E-state index contributed by atoms with van der Waals surface area (Å²) in [6.45, 7) is 10.2. The molecule has 0 saturated carbocycles. The Bertz CT molecular complexity index is 294. The minimum atomic E-state index is 0.598. The van der Waals surface area contributed by atoms with Crippen LogP contribution in [0.1, 0.15) is 26.6 Å². The fraction of sp³-hybridized carbons (Fsp3) is 0.818. The van der Waals surface area contributed by atoms with Crippen molar-refractivity contribution in [2.75, 3.05) is 20.1 Å². The number of hydrogen-bond acceptors (Lipinski definition) is 4. The Kier molecular flexibility index (Phi) is 5.42. The van der Waals surface area contributed by atoms with Crippen LogP contribution in [-0.2, 0) is 13.1 Å². The highest BCUT2D eigenvalue weighted by molar-refractivity contribution is 4.83. The van der Waals surface area contributed by atoms with Crippen molar-refractivity contribution in [3.8, 4) is 0 Å². The van der Waals surface area contributed by atoms with Crippen LogP contribution in [0.2, 0.25) is 0 Å². The first-order chi connectivity index (χ1) is 7.65. The Morgan fingerprint density at radius 2 is 2.25 bits per heavy atom. The lowest BCUT2D eigenvalue weighted by Crippen LogP contribution is -2.33. The molecule has 0 fully saturated rings. The predicted molar refractivity (Wildman–Crippen MR) is 65.2 cm³/mol. The van der Waals surface area contributed by atoms with Crippen molar-refractivity contribution in [1.29, 1.82) is 0 Å². The van der Waals surface area contributed by atoms with Crippen LogP contribution in [0.3, 0.4) is 0 Å². The molecule has 0 aliphatic rings. The van der Waals surface area contributed by atoms with Gasteiger partial charge in [0, 0.05) is 25.7 Å². The Hall–Kier alpha value is -0.940. The molecule has 5 heteroatoms. The van der Waals surface area contributed by atoms with E-state index in [0.29, 0.717) is 6.04 Å². The normalized spacial score (nSPS) is 11.6. The van der Waals surface area contributed by atoms with Gasteiger partial charge in [-0.1, -0.05) is 0 Å². The molecule has 92 valence electrons. The van der Waals surface area contributed by atoms with Crippen LogP contribution in [-0.4, -0.2) is 45.8 Å². The van der Waals surface area contributed by atoms with Crippen LogP contribution in [0.4, 0.5) is 0 Å². The van der Waals surface area contributed by atoms with Gasteiger partial charge >= 0.3 is 0 Å². The highest BCUT2D eigenvalue weighted by Gasteiger charge is 2.03. The number of rotatable bonds is 7. The molecule has 0 radical (unpaired) electrons. The Morgan fingerprint density at radius 1 is 1.50 bits per heavy atom. The van der Waals surface area contributed by atoms with Crippen molar-refractivity contribution < 1.29 is 0 Å². The Labute approximate surface area is 97.9 Å². The van der Waals surface area contributed by atoms with Gasteiger partial charge in [-0.05, 0) is 27.8 Å². The fourth-order valence-electron chi connectivity index (χ4n) is 1.40. The van der Waals surface area contributed by atoms with E-state index in [9.17, 15) is 0 Å². The second-order valence-corrected chi connectivity index (χ2v) is 4.24. The maximum absolute atomic E-state index is 4.21. The highest BCUT2D eigenvalue weighted by Crippen LogP contribution is 1.94. The molecule has 0 aromatic carbocycles. The minimum absolute atomic E-state index is 0.598. The molecule has 0 saturated heterocycles. The third kappa shape index (κ3) is 3.90. The summed E-state index contributed by atoms with van der Waals surface area (Å²) < 4.78 is 1.92. The average Bonchev–Trinajstić information content (AvgIpc) is 2.71. The molecule has 0 spiro atoms. The lowest BCUT2D eigenvalue weighted by Gasteiger charge is -2.20. The first-order valence-corrected chi connectivity index (χ1v) is 5.92. The standard InChI is InChI=1S/C11H23N5/c1-5-16-11(13-9-14-16)8-12-6-7-15(4)10(2)3/h9-10,12H,5-8H2,1-4H3. The molecule has 1 rings (SSSR count). The summed E-state index contributed by atoms with van der Waals surface area (Å²) in [5.74, 6) is 1.01. The van der Waals surface area contributed by atoms with Gasteiger partial charge in [-0.15, -0.1) is 0 Å². The van der Waals surface area contributed by atoms with E-state index in [-0.39, 0.29) is 0 Å². The molecule has 0 aliphatic carbocycles. The van der Waals surface area contributed by atoms with Gasteiger partial charge in [0.05, 0.1) is 6.54 Å². The van der Waals surface area contributed by atoms with Crippen LogP contribution in [0, 0.1) is 0 Å². The van der Waals surface area contributed by atoms with E-state index >= 15 is 0 Å². The van der Waals surface area contributed by atoms with Crippen LogP contribution >= 0.6 is 0 Å². The maximum atomic E-state index is 4.21. The molecule has 5 nitrogen and oxygen atoms in total. The summed E-state index contributed by atoms with van der Waals surface area (Å²) in [6.07, 6.45) is 1.61. The van der Waals surface area contributed by atoms with Crippen molar-refractivity contribution in [2.24, 2.45) is 0 Å². The minimum Gasteiger partial charge on any atom is -0.309 e. The van der Waals surface area contributed by atoms with Crippen LogP contribution in [0.5, 0.6) is 0 Å². The first-order valence-electron chi connectivity index (χ1n) is 5.92. The van der Waals surface area contributed by atoms with Gasteiger partial charge < -0.3 is 10.2 Å². The third-order valence-corrected chi connectivity index (χ3v) is 2.80. The van der Waals surface area contributed by atoms with Gasteiger partial charge in [0.25, 0.3) is 0 Å². The van der Waals surface area contributed by atoms with Gasteiger partial charge in [-0.3, -0.25) is 0 Å². The largest absolute Gasteiger partial charge is 0.309 e. The van der Waals surface area contributed by atoms with Gasteiger partial charge in [0.2, 0.25) is 0 Å². The van der Waals surface area contributed by atoms with E-state index < -0.39 is 0 Å². The molecule has 0 bridgehead atoms. The van der Waals surface area contributed by atoms with Crippen molar-refractivity contribution in [3.63, 3.8) is 0 Å². The SMILES string of the molecule is CCn1ncnc1CNCCN(C)C(C)C. The second kappa shape index (κ2) is 6.60. The van der Waals surface area contributed by atoms with Gasteiger partial charge in [-0.25, -0.2) is 9.67 Å². The molecule has 0 unspecified atom stereocenters. The Balaban J connectivity index is 2.21. The van der Waals surface area contributed by atoms with Crippen LogP contribution < -0.4 is 5.32 Å². The summed E-state index contributed by atoms with van der Waals surface area (Å²) in [7, 11) is 2.14. The summed E-state index contributed by atoms with van der Waals surface area (Å²) >= 11 is 0. The lowest BCUT2D eigenvalue weighted by molar-refractivity contribution is 0.272. The molecule has 1 aromatic heterocycles. The highest BCUT2D eigenvalue weighted by atomic mass is 15.3. The third-order valence-electron chi connectivity index (χ3n) is 2.80. The van der Waals surface area contributed by atoms with Gasteiger partial charge in [0.15, 0.2) is 0 Å². The molecule has 16 heavy (non-hydrogen) atoms. The van der Waals surface area contributed by atoms with Crippen molar-refractivity contribution in [2.45, 2.75) is 39.9 Å². The second-order valence-electron chi connectivity index (χ2n) is 4.24. The Morgan fingerprint density at radius 3 is 2.88 bits per heavy atom. The molecule has 1 heterocycles. The smallest absolute Gasteiger partial charge is 0.140 e. The van der Waals surface area contributed by atoms with Crippen molar-refractivity contribution >= 4 is 0 Å². The summed E-state index contributed by atoms with van der Waals surface area (Å²) in [6, 6.07) is 0.598. The first kappa shape index (κ1) is 13.1. The van der Waals surface area contributed by atoms with Gasteiger partial charge in [0.1, 0.15) is 12.2 Å². The van der Waals surface area contributed by atoms with Crippen LogP contribution in [0.15, 0.2) is 6.33 Å². The maximum Gasteiger partial charge on any atom is 0.140 e. The monoisotopic (exact) mass is 225 g/mol. The number of nitrogens with one attached hydrogen (secondary N) is 1. The van der Waals surface area contributed by atoms with E-state index in [1.165, 1.54) is 0 Å².